The third-order valence-electron chi connectivity index (χ3n) is 5.53. The van der Waals surface area contributed by atoms with E-state index in [1.807, 2.05) is 35.2 Å². The summed E-state index contributed by atoms with van der Waals surface area (Å²) in [5.41, 5.74) is 8.74. The van der Waals surface area contributed by atoms with Gasteiger partial charge in [-0.1, -0.05) is 48.5 Å². The summed E-state index contributed by atoms with van der Waals surface area (Å²) in [6, 6.07) is 18.2. The zero-order valence-corrected chi connectivity index (χ0v) is 15.9. The Bertz CT molecular complexity index is 872. The molecule has 7 nitrogen and oxygen atoms in total. The van der Waals surface area contributed by atoms with Crippen molar-refractivity contribution in [2.45, 2.75) is 13.1 Å². The zero-order chi connectivity index (χ0) is 19.6. The maximum absolute atomic E-state index is 13.3. The number of para-hydroxylation sites is 1. The summed E-state index contributed by atoms with van der Waals surface area (Å²) in [6.45, 7) is 3.63. The first-order valence-electron chi connectivity index (χ1n) is 9.60. The van der Waals surface area contributed by atoms with Gasteiger partial charge in [0.25, 0.3) is 0 Å². The summed E-state index contributed by atoms with van der Waals surface area (Å²) < 4.78 is 0.212. The Morgan fingerprint density at radius 3 is 2.61 bits per heavy atom. The van der Waals surface area contributed by atoms with Crippen molar-refractivity contribution in [2.75, 3.05) is 37.9 Å². The number of nitrogens with zero attached hydrogens (tertiary/aromatic N) is 3. The van der Waals surface area contributed by atoms with Crippen LogP contribution in [-0.2, 0) is 22.7 Å². The second-order valence-electron chi connectivity index (χ2n) is 7.48. The minimum absolute atomic E-state index is 0.130. The van der Waals surface area contributed by atoms with E-state index in [9.17, 15) is 9.59 Å². The van der Waals surface area contributed by atoms with Crippen molar-refractivity contribution < 1.29 is 14.2 Å². The van der Waals surface area contributed by atoms with Crippen molar-refractivity contribution in [1.82, 2.24) is 10.2 Å². The quantitative estimate of drug-likeness (QED) is 0.751. The van der Waals surface area contributed by atoms with Gasteiger partial charge >= 0.3 is 5.91 Å². The highest BCUT2D eigenvalue weighted by Crippen LogP contribution is 2.34. The second kappa shape index (κ2) is 7.71. The number of anilines is 1. The molecular weight excluding hydrogens is 354 g/mol. The molecule has 0 saturated carbocycles. The summed E-state index contributed by atoms with van der Waals surface area (Å²) in [4.78, 5) is 26.9. The summed E-state index contributed by atoms with van der Waals surface area (Å²) in [6.07, 6.45) is 0. The number of carbonyl (C=O) groups is 2. The number of piperazine rings is 1. The molecule has 1 atom stereocenters. The molecule has 1 fully saturated rings. The van der Waals surface area contributed by atoms with Gasteiger partial charge in [-0.3, -0.25) is 15.0 Å². The van der Waals surface area contributed by atoms with Crippen LogP contribution < -0.4 is 16.1 Å². The standard InChI is InChI=1S/C21H25N5O2/c22-20(27)14-24-13-18-8-4-5-9-19(18)25(16-24)26(11-10-23-12-21(26)28)15-17-6-2-1-3-7-17/h1-9,23H,10-16H2,(H-,22,27)/p+1. The normalized spacial score (nSPS) is 22.7. The molecule has 1 saturated heterocycles. The lowest BCUT2D eigenvalue weighted by molar-refractivity contribution is -0.879. The highest BCUT2D eigenvalue weighted by molar-refractivity contribution is 5.76. The monoisotopic (exact) mass is 380 g/mol. The van der Waals surface area contributed by atoms with Gasteiger partial charge in [0.2, 0.25) is 5.91 Å². The Balaban J connectivity index is 1.78. The molecule has 2 aromatic rings. The highest BCUT2D eigenvalue weighted by Gasteiger charge is 2.47. The van der Waals surface area contributed by atoms with Crippen LogP contribution in [-0.4, -0.2) is 54.2 Å². The number of fused-ring (bicyclic) bond motifs is 1. The predicted octanol–water partition coefficient (Wildman–Crippen LogP) is 0.813. The molecule has 0 aromatic heterocycles. The fourth-order valence-electron chi connectivity index (χ4n) is 4.23. The van der Waals surface area contributed by atoms with E-state index >= 15 is 0 Å². The fraction of sp³-hybridized carbons (Fsp3) is 0.333. The van der Waals surface area contributed by atoms with Crippen LogP contribution in [0.15, 0.2) is 54.6 Å². The van der Waals surface area contributed by atoms with Gasteiger partial charge in [-0.2, -0.15) is 4.59 Å². The molecule has 0 spiro atoms. The Morgan fingerprint density at radius 2 is 1.86 bits per heavy atom. The van der Waals surface area contributed by atoms with Crippen LogP contribution in [0.2, 0.25) is 0 Å². The van der Waals surface area contributed by atoms with Gasteiger partial charge < -0.3 is 5.73 Å². The molecule has 2 heterocycles. The molecule has 4 rings (SSSR count). The summed E-state index contributed by atoms with van der Waals surface area (Å²) in [5.74, 6) is -0.230. The Hall–Kier alpha value is -2.74. The number of rotatable bonds is 5. The molecule has 0 aliphatic carbocycles. The van der Waals surface area contributed by atoms with Crippen LogP contribution in [0.5, 0.6) is 0 Å². The van der Waals surface area contributed by atoms with Crippen molar-refractivity contribution in [3.8, 4) is 0 Å². The van der Waals surface area contributed by atoms with E-state index in [1.54, 1.807) is 0 Å². The van der Waals surface area contributed by atoms with Crippen molar-refractivity contribution in [3.63, 3.8) is 0 Å². The molecule has 2 aliphatic rings. The van der Waals surface area contributed by atoms with Crippen molar-refractivity contribution in [1.29, 1.82) is 0 Å². The van der Waals surface area contributed by atoms with Crippen molar-refractivity contribution in [2.24, 2.45) is 5.73 Å². The second-order valence-corrected chi connectivity index (χ2v) is 7.48. The van der Waals surface area contributed by atoms with E-state index in [1.165, 1.54) is 0 Å². The number of carbonyl (C=O) groups excluding carboxylic acids is 2. The van der Waals surface area contributed by atoms with Gasteiger partial charge in [-0.25, -0.2) is 9.80 Å². The zero-order valence-electron chi connectivity index (χ0n) is 15.9. The highest BCUT2D eigenvalue weighted by atomic mass is 16.2. The van der Waals surface area contributed by atoms with E-state index in [2.05, 4.69) is 34.6 Å². The first-order chi connectivity index (χ1) is 13.6. The van der Waals surface area contributed by atoms with Crippen LogP contribution >= 0.6 is 0 Å². The molecule has 2 aromatic carbocycles. The lowest BCUT2D eigenvalue weighted by Gasteiger charge is -2.50. The van der Waals surface area contributed by atoms with Gasteiger partial charge in [-0.05, 0) is 11.6 Å². The maximum Gasteiger partial charge on any atom is 0.352 e. The first-order valence-corrected chi connectivity index (χ1v) is 9.60. The van der Waals surface area contributed by atoms with Gasteiger partial charge in [0.1, 0.15) is 26.3 Å². The number of quaternary nitrogens is 1. The Labute approximate surface area is 164 Å². The third-order valence-corrected chi connectivity index (χ3v) is 5.53. The van der Waals surface area contributed by atoms with E-state index in [0.29, 0.717) is 32.8 Å². The van der Waals surface area contributed by atoms with Crippen LogP contribution in [0.4, 0.5) is 5.69 Å². The number of hydrogen-bond donors (Lipinski definition) is 2. The van der Waals surface area contributed by atoms with E-state index < -0.39 is 0 Å². The molecular formula is C21H26N5O2+. The average molecular weight is 380 g/mol. The molecule has 1 unspecified atom stereocenters. The molecule has 0 radical (unpaired) electrons. The van der Waals surface area contributed by atoms with Gasteiger partial charge in [0.15, 0.2) is 0 Å². The van der Waals surface area contributed by atoms with Crippen molar-refractivity contribution in [3.05, 3.63) is 65.7 Å². The minimum atomic E-state index is -0.361. The topological polar surface area (TPSA) is 78.7 Å². The van der Waals surface area contributed by atoms with Crippen LogP contribution in [0.1, 0.15) is 11.1 Å². The number of hydrogen-bond acceptors (Lipinski definition) is 5. The van der Waals surface area contributed by atoms with E-state index in [4.69, 9.17) is 5.73 Å². The summed E-state index contributed by atoms with van der Waals surface area (Å²) in [5, 5.41) is 5.35. The van der Waals surface area contributed by atoms with Gasteiger partial charge in [-0.15, -0.1) is 0 Å². The van der Waals surface area contributed by atoms with Crippen LogP contribution in [0, 0.1) is 0 Å². The average Bonchev–Trinajstić information content (AvgIpc) is 2.69. The molecule has 2 amide bonds. The molecule has 146 valence electrons. The van der Waals surface area contributed by atoms with Crippen molar-refractivity contribution >= 4 is 17.5 Å². The lowest BCUT2D eigenvalue weighted by Crippen LogP contribution is -2.72. The minimum Gasteiger partial charge on any atom is -0.369 e. The number of primary amides is 1. The van der Waals surface area contributed by atoms with Gasteiger partial charge in [0.05, 0.1) is 12.2 Å². The Kier molecular flexibility index (Phi) is 5.13. The largest absolute Gasteiger partial charge is 0.369 e. The van der Waals surface area contributed by atoms with E-state index in [0.717, 1.165) is 23.4 Å². The number of nitrogens with one attached hydrogen (secondary N) is 1. The maximum atomic E-state index is 13.3. The molecule has 28 heavy (non-hydrogen) atoms. The molecule has 0 bridgehead atoms. The number of amides is 2. The third kappa shape index (κ3) is 3.52. The smallest absolute Gasteiger partial charge is 0.352 e. The van der Waals surface area contributed by atoms with Gasteiger partial charge in [0, 0.05) is 18.7 Å². The van der Waals surface area contributed by atoms with Crippen LogP contribution in [0.3, 0.4) is 0 Å². The number of benzene rings is 2. The predicted molar refractivity (Wildman–Crippen MR) is 107 cm³/mol. The summed E-state index contributed by atoms with van der Waals surface area (Å²) >= 11 is 0. The molecule has 7 heteroatoms. The first kappa shape index (κ1) is 18.6. The lowest BCUT2D eigenvalue weighted by atomic mass is 10.1. The fourth-order valence-corrected chi connectivity index (χ4v) is 4.23. The summed E-state index contributed by atoms with van der Waals surface area (Å²) in [7, 11) is 0. The Morgan fingerprint density at radius 1 is 1.11 bits per heavy atom. The SMILES string of the molecule is NC(=O)CN1Cc2ccccc2N([N+]2(Cc3ccccc3)CCNCC2=O)C1. The number of nitrogens with two attached hydrogens (primary N) is 1. The van der Waals surface area contributed by atoms with E-state index in [-0.39, 0.29) is 23.0 Å². The molecule has 3 N–H and O–H groups in total. The van der Waals surface area contributed by atoms with Crippen LogP contribution in [0.25, 0.3) is 0 Å². The molecule has 2 aliphatic heterocycles.